The highest BCUT2D eigenvalue weighted by molar-refractivity contribution is 5.38. The summed E-state index contributed by atoms with van der Waals surface area (Å²) in [4.78, 5) is 4.38. The lowest BCUT2D eigenvalue weighted by atomic mass is 10.1. The van der Waals surface area contributed by atoms with Crippen LogP contribution in [0, 0.1) is 12.8 Å². The maximum Gasteiger partial charge on any atom is 0.219 e. The molecule has 6 heteroatoms. The van der Waals surface area contributed by atoms with Crippen LogP contribution in [0.5, 0.6) is 11.6 Å². The van der Waals surface area contributed by atoms with E-state index in [2.05, 4.69) is 31.5 Å². The molecular formula is C20H23N5O. The first kappa shape index (κ1) is 16.6. The third-order valence-corrected chi connectivity index (χ3v) is 4.43. The van der Waals surface area contributed by atoms with E-state index >= 15 is 0 Å². The molecule has 1 aliphatic rings. The highest BCUT2D eigenvalue weighted by atomic mass is 16.5. The molecule has 134 valence electrons. The van der Waals surface area contributed by atoms with Gasteiger partial charge < -0.3 is 15.4 Å². The Morgan fingerprint density at radius 1 is 1.23 bits per heavy atom. The maximum absolute atomic E-state index is 5.72. The molecule has 0 bridgehead atoms. The number of fused-ring (bicyclic) bond motifs is 1. The topological polar surface area (TPSA) is 64.0 Å². The SMILES string of the molecule is Cc1cc2n(n1)C[C@@H](CNCc1ccc(Oc3ccccc3)nc1)CN2. The van der Waals surface area contributed by atoms with Crippen molar-refractivity contribution in [2.45, 2.75) is 20.0 Å². The van der Waals surface area contributed by atoms with E-state index in [0.29, 0.717) is 11.8 Å². The average Bonchev–Trinajstić information content (AvgIpc) is 3.03. The lowest BCUT2D eigenvalue weighted by molar-refractivity contribution is 0.390. The van der Waals surface area contributed by atoms with Crippen molar-refractivity contribution >= 4 is 5.82 Å². The minimum absolute atomic E-state index is 0.524. The van der Waals surface area contributed by atoms with Crippen molar-refractivity contribution in [3.8, 4) is 11.6 Å². The predicted octanol–water partition coefficient (Wildman–Crippen LogP) is 3.21. The Bertz CT molecular complexity index is 844. The molecule has 4 rings (SSSR count). The first-order valence-electron chi connectivity index (χ1n) is 8.93. The second-order valence-corrected chi connectivity index (χ2v) is 6.65. The molecule has 1 atom stereocenters. The predicted molar refractivity (Wildman–Crippen MR) is 101 cm³/mol. The quantitative estimate of drug-likeness (QED) is 0.715. The van der Waals surface area contributed by atoms with Crippen molar-refractivity contribution in [1.29, 1.82) is 0 Å². The number of hydrogen-bond donors (Lipinski definition) is 2. The summed E-state index contributed by atoms with van der Waals surface area (Å²) >= 11 is 0. The van der Waals surface area contributed by atoms with E-state index in [0.717, 1.165) is 49.0 Å². The van der Waals surface area contributed by atoms with E-state index in [4.69, 9.17) is 4.74 Å². The van der Waals surface area contributed by atoms with Crippen LogP contribution < -0.4 is 15.4 Å². The fourth-order valence-electron chi connectivity index (χ4n) is 3.13. The van der Waals surface area contributed by atoms with Crippen LogP contribution in [0.3, 0.4) is 0 Å². The first-order chi connectivity index (χ1) is 12.8. The Labute approximate surface area is 153 Å². The fourth-order valence-corrected chi connectivity index (χ4v) is 3.13. The van der Waals surface area contributed by atoms with Crippen LogP contribution in [-0.4, -0.2) is 27.9 Å². The summed E-state index contributed by atoms with van der Waals surface area (Å²) in [6, 6.07) is 15.7. The van der Waals surface area contributed by atoms with Crippen LogP contribution in [-0.2, 0) is 13.1 Å². The van der Waals surface area contributed by atoms with Gasteiger partial charge in [0, 0.05) is 50.4 Å². The molecule has 3 heterocycles. The third-order valence-electron chi connectivity index (χ3n) is 4.43. The second kappa shape index (κ2) is 7.58. The van der Waals surface area contributed by atoms with E-state index in [1.807, 2.05) is 55.6 Å². The zero-order chi connectivity index (χ0) is 17.8. The normalized spacial score (nSPS) is 16.0. The number of hydrogen-bond acceptors (Lipinski definition) is 5. The molecule has 3 aromatic rings. The third kappa shape index (κ3) is 4.03. The minimum atomic E-state index is 0.524. The number of aryl methyl sites for hydroxylation is 1. The van der Waals surface area contributed by atoms with Crippen molar-refractivity contribution in [3.05, 3.63) is 66.0 Å². The molecule has 26 heavy (non-hydrogen) atoms. The van der Waals surface area contributed by atoms with Gasteiger partial charge in [0.1, 0.15) is 11.6 Å². The number of aromatic nitrogens is 3. The fraction of sp³-hybridized carbons (Fsp3) is 0.300. The highest BCUT2D eigenvalue weighted by Crippen LogP contribution is 2.19. The van der Waals surface area contributed by atoms with E-state index in [-0.39, 0.29) is 0 Å². The maximum atomic E-state index is 5.72. The molecule has 1 aromatic carbocycles. The Morgan fingerprint density at radius 3 is 2.92 bits per heavy atom. The van der Waals surface area contributed by atoms with Gasteiger partial charge in [0.15, 0.2) is 0 Å². The van der Waals surface area contributed by atoms with Crippen LogP contribution in [0.15, 0.2) is 54.7 Å². The molecule has 2 N–H and O–H groups in total. The Kier molecular flexibility index (Phi) is 4.84. The molecule has 0 radical (unpaired) electrons. The highest BCUT2D eigenvalue weighted by Gasteiger charge is 2.18. The zero-order valence-electron chi connectivity index (χ0n) is 14.9. The molecule has 1 aliphatic heterocycles. The number of anilines is 1. The number of nitrogens with zero attached hydrogens (tertiary/aromatic N) is 3. The van der Waals surface area contributed by atoms with Gasteiger partial charge in [0.25, 0.3) is 0 Å². The number of pyridine rings is 1. The Morgan fingerprint density at radius 2 is 2.12 bits per heavy atom. The van der Waals surface area contributed by atoms with Gasteiger partial charge in [-0.25, -0.2) is 9.67 Å². The van der Waals surface area contributed by atoms with Crippen molar-refractivity contribution in [3.63, 3.8) is 0 Å². The van der Waals surface area contributed by atoms with Crippen molar-refractivity contribution < 1.29 is 4.74 Å². The molecule has 0 spiro atoms. The molecule has 0 fully saturated rings. The van der Waals surface area contributed by atoms with Crippen LogP contribution in [0.2, 0.25) is 0 Å². The van der Waals surface area contributed by atoms with Gasteiger partial charge in [-0.2, -0.15) is 5.10 Å². The van der Waals surface area contributed by atoms with Crippen molar-refractivity contribution in [1.82, 2.24) is 20.1 Å². The lowest BCUT2D eigenvalue weighted by Gasteiger charge is -2.25. The van der Waals surface area contributed by atoms with Crippen LogP contribution in [0.4, 0.5) is 5.82 Å². The lowest BCUT2D eigenvalue weighted by Crippen LogP contribution is -2.35. The van der Waals surface area contributed by atoms with Gasteiger partial charge in [0.05, 0.1) is 5.69 Å². The number of benzene rings is 1. The summed E-state index contributed by atoms with van der Waals surface area (Å²) < 4.78 is 7.78. The molecule has 6 nitrogen and oxygen atoms in total. The van der Waals surface area contributed by atoms with Crippen LogP contribution in [0.1, 0.15) is 11.3 Å². The van der Waals surface area contributed by atoms with Crippen molar-refractivity contribution in [2.24, 2.45) is 5.92 Å². The summed E-state index contributed by atoms with van der Waals surface area (Å²) in [6.45, 7) is 5.68. The molecular weight excluding hydrogens is 326 g/mol. The number of para-hydroxylation sites is 1. The monoisotopic (exact) mass is 349 g/mol. The smallest absolute Gasteiger partial charge is 0.219 e. The first-order valence-corrected chi connectivity index (χ1v) is 8.93. The number of nitrogens with one attached hydrogen (secondary N) is 2. The van der Waals surface area contributed by atoms with Gasteiger partial charge in [-0.05, 0) is 24.6 Å². The van der Waals surface area contributed by atoms with Gasteiger partial charge in [-0.15, -0.1) is 0 Å². The van der Waals surface area contributed by atoms with Gasteiger partial charge in [0.2, 0.25) is 5.88 Å². The van der Waals surface area contributed by atoms with Crippen molar-refractivity contribution in [2.75, 3.05) is 18.4 Å². The Hall–Kier alpha value is -2.86. The number of rotatable bonds is 6. The second-order valence-electron chi connectivity index (χ2n) is 6.65. The standard InChI is InChI=1S/C20H23N5O/c1-15-9-19-22-13-17(14-25(19)24-15)11-21-10-16-7-8-20(23-12-16)26-18-5-3-2-4-6-18/h2-9,12,17,21-22H,10-11,13-14H2,1H3/t17-/m0/s1. The van der Waals surface area contributed by atoms with Gasteiger partial charge in [-0.3, -0.25) is 0 Å². The Balaban J connectivity index is 1.25. The zero-order valence-corrected chi connectivity index (χ0v) is 14.9. The molecule has 0 aliphatic carbocycles. The minimum Gasteiger partial charge on any atom is -0.439 e. The van der Waals surface area contributed by atoms with E-state index in [9.17, 15) is 0 Å². The molecule has 0 saturated carbocycles. The molecule has 0 amide bonds. The molecule has 0 saturated heterocycles. The van der Waals surface area contributed by atoms with E-state index in [1.165, 1.54) is 0 Å². The summed E-state index contributed by atoms with van der Waals surface area (Å²) in [6.07, 6.45) is 1.86. The summed E-state index contributed by atoms with van der Waals surface area (Å²) in [5.74, 6) is 3.05. The summed E-state index contributed by atoms with van der Waals surface area (Å²) in [5.41, 5.74) is 2.20. The summed E-state index contributed by atoms with van der Waals surface area (Å²) in [7, 11) is 0. The van der Waals surface area contributed by atoms with Gasteiger partial charge in [-0.1, -0.05) is 24.3 Å². The largest absolute Gasteiger partial charge is 0.439 e. The van der Waals surface area contributed by atoms with E-state index in [1.54, 1.807) is 0 Å². The van der Waals surface area contributed by atoms with Crippen LogP contribution in [0.25, 0.3) is 0 Å². The molecule has 2 aromatic heterocycles. The van der Waals surface area contributed by atoms with E-state index < -0.39 is 0 Å². The molecule has 0 unspecified atom stereocenters. The number of ether oxygens (including phenoxy) is 1. The van der Waals surface area contributed by atoms with Gasteiger partial charge >= 0.3 is 0 Å². The summed E-state index contributed by atoms with van der Waals surface area (Å²) in [5, 5.41) is 11.5. The average molecular weight is 349 g/mol. The van der Waals surface area contributed by atoms with Crippen LogP contribution >= 0.6 is 0 Å².